The molecule has 4 saturated heterocycles. The highest BCUT2D eigenvalue weighted by Gasteiger charge is 2.56. The second kappa shape index (κ2) is 20.3. The van der Waals surface area contributed by atoms with Gasteiger partial charge in [-0.3, -0.25) is 43.8 Å². The van der Waals surface area contributed by atoms with Crippen LogP contribution < -0.4 is 20.4 Å². The number of pyridine rings is 1. The van der Waals surface area contributed by atoms with E-state index in [-0.39, 0.29) is 53.8 Å². The van der Waals surface area contributed by atoms with Crippen LogP contribution in [0.15, 0.2) is 91.3 Å². The van der Waals surface area contributed by atoms with Gasteiger partial charge in [0, 0.05) is 91.9 Å². The minimum absolute atomic E-state index is 0.0346. The minimum Gasteiger partial charge on any atom is -0.368 e. The van der Waals surface area contributed by atoms with Gasteiger partial charge in [0.1, 0.15) is 17.4 Å². The molecule has 5 fully saturated rings. The number of carbonyl (C=O) groups excluding carboxylic acids is 7. The van der Waals surface area contributed by atoms with Crippen molar-refractivity contribution in [1.82, 2.24) is 39.5 Å². The van der Waals surface area contributed by atoms with Crippen LogP contribution >= 0.6 is 0 Å². The normalized spacial score (nSPS) is 22.0. The van der Waals surface area contributed by atoms with Crippen molar-refractivity contribution in [3.63, 3.8) is 0 Å². The number of carbonyl (C=O) groups is 7. The molecule has 2 aromatic heterocycles. The van der Waals surface area contributed by atoms with E-state index in [1.54, 1.807) is 65.8 Å². The maximum atomic E-state index is 15.3. The van der Waals surface area contributed by atoms with Crippen molar-refractivity contribution < 1.29 is 38.0 Å². The first-order chi connectivity index (χ1) is 39.1. The van der Waals surface area contributed by atoms with Crippen molar-refractivity contribution in [2.75, 3.05) is 67.5 Å². The maximum absolute atomic E-state index is 15.3. The quantitative estimate of drug-likeness (QED) is 0.127. The fourth-order valence-electron chi connectivity index (χ4n) is 13.6. The summed E-state index contributed by atoms with van der Waals surface area (Å²) in [5, 5.41) is 5.50. The van der Waals surface area contributed by atoms with Crippen LogP contribution in [0.25, 0.3) is 22.3 Å². The molecule has 2 N–H and O–H groups in total. The highest BCUT2D eigenvalue weighted by Crippen LogP contribution is 2.52. The lowest BCUT2D eigenvalue weighted by atomic mass is 9.73. The largest absolute Gasteiger partial charge is 0.368 e. The predicted octanol–water partition coefficient (Wildman–Crippen LogP) is 7.77. The van der Waals surface area contributed by atoms with Crippen LogP contribution in [0.1, 0.15) is 130 Å². The average Bonchev–Trinajstić information content (AvgIpc) is 4.16. The molecule has 6 aliphatic heterocycles. The molecule has 7 amide bonds. The standard InChI is InChI=1S/C62H64FN11O7/c1-36(2)72-35-64-50-34-49(66-55(54(50)72)65-48-10-6-5-9-47(48)63)38-12-16-46-52(30-38)73(42-31-41(32-42)68-21-7-4-8-22-68)61(81)62(46)19-23-70(24-20-62)57(77)39-11-14-43(37(3)29-39)58(78)71-27-25-69(26-28-71)40-13-15-44-45(33-40)60(80)74(59(44)79)51-17-18-53(75)67-56(51)76/h5-6,9-16,29-30,33-36,41-42,51H,4,7-8,17-28,31-32H2,1-3H3,(H,65,66)(H,67,75,76). The first kappa shape index (κ1) is 52.1. The fraction of sp³-hybridized carbons (Fsp3) is 0.403. The zero-order valence-electron chi connectivity index (χ0n) is 45.8. The van der Waals surface area contributed by atoms with E-state index < -0.39 is 40.9 Å². The van der Waals surface area contributed by atoms with Gasteiger partial charge in [-0.05, 0) is 151 Å². The number of benzene rings is 4. The molecule has 1 saturated carbocycles. The van der Waals surface area contributed by atoms with Crippen LogP contribution in [0.4, 0.5) is 27.3 Å². The van der Waals surface area contributed by atoms with Gasteiger partial charge in [0.2, 0.25) is 17.7 Å². The summed E-state index contributed by atoms with van der Waals surface area (Å²) in [7, 11) is 0. The Morgan fingerprint density at radius 3 is 2.22 bits per heavy atom. The summed E-state index contributed by atoms with van der Waals surface area (Å²) in [6.45, 7) is 10.6. The summed E-state index contributed by atoms with van der Waals surface area (Å²) >= 11 is 0. The minimum atomic E-state index is -1.05. The van der Waals surface area contributed by atoms with Gasteiger partial charge >= 0.3 is 0 Å². The van der Waals surface area contributed by atoms with Gasteiger partial charge in [-0.1, -0.05) is 30.7 Å². The molecule has 18 nitrogen and oxygen atoms in total. The summed E-state index contributed by atoms with van der Waals surface area (Å²) in [5.41, 5.74) is 7.04. The molecule has 4 aromatic carbocycles. The number of piperazine rings is 1. The fourth-order valence-corrected chi connectivity index (χ4v) is 13.6. The molecule has 19 heteroatoms. The summed E-state index contributed by atoms with van der Waals surface area (Å²) in [6.07, 6.45) is 8.26. The molecule has 0 bridgehead atoms. The average molecular weight is 1090 g/mol. The van der Waals surface area contributed by atoms with E-state index in [0.717, 1.165) is 53.2 Å². The van der Waals surface area contributed by atoms with Crippen LogP contribution in [0.3, 0.4) is 0 Å². The smallest absolute Gasteiger partial charge is 0.262 e. The second-order valence-electron chi connectivity index (χ2n) is 23.2. The van der Waals surface area contributed by atoms with E-state index in [1.165, 1.54) is 25.3 Å². The number of piperidine rings is 3. The Kier molecular flexibility index (Phi) is 13.1. The summed E-state index contributed by atoms with van der Waals surface area (Å²) in [6, 6.07) is 24.4. The van der Waals surface area contributed by atoms with E-state index in [0.29, 0.717) is 103 Å². The number of imide groups is 2. The molecule has 6 aromatic rings. The van der Waals surface area contributed by atoms with Crippen molar-refractivity contribution in [2.45, 2.75) is 108 Å². The highest BCUT2D eigenvalue weighted by molar-refractivity contribution is 6.24. The van der Waals surface area contributed by atoms with Crippen LogP contribution in [0.2, 0.25) is 0 Å². The number of para-hydroxylation sites is 1. The zero-order chi connectivity index (χ0) is 56.0. The molecule has 1 spiro atoms. The first-order valence-corrected chi connectivity index (χ1v) is 28.6. The van der Waals surface area contributed by atoms with Crippen molar-refractivity contribution in [3.8, 4) is 11.3 Å². The summed E-state index contributed by atoms with van der Waals surface area (Å²) < 4.78 is 17.2. The third kappa shape index (κ3) is 8.91. The van der Waals surface area contributed by atoms with Gasteiger partial charge in [0.05, 0.1) is 39.8 Å². The molecular formula is C62H64FN11O7. The van der Waals surface area contributed by atoms with Gasteiger partial charge in [0.25, 0.3) is 23.6 Å². The van der Waals surface area contributed by atoms with Crippen LogP contribution in [0, 0.1) is 12.7 Å². The highest BCUT2D eigenvalue weighted by atomic mass is 19.1. The molecule has 1 aliphatic carbocycles. The number of hydrogen-bond donors (Lipinski definition) is 2. The lowest BCUT2D eigenvalue weighted by Crippen LogP contribution is -2.58. The Bertz CT molecular complexity index is 3620. The SMILES string of the molecule is Cc1cc(C(=O)N2CCC3(CC2)C(=O)N(C2CC(N4CCCCC4)C2)c2cc(-c4cc5ncn(C(C)C)c5c(Nc5ccccc5F)n4)ccc23)ccc1C(=O)N1CCN(c2ccc3c(c2)C(=O)N(C2CCC(=O)NC2=O)C3=O)CC1. The number of imidazole rings is 1. The lowest BCUT2D eigenvalue weighted by molar-refractivity contribution is -0.136. The predicted molar refractivity (Wildman–Crippen MR) is 302 cm³/mol. The number of aryl methyl sites for hydroxylation is 1. The van der Waals surface area contributed by atoms with Gasteiger partial charge in [0.15, 0.2) is 5.82 Å². The number of anilines is 4. The van der Waals surface area contributed by atoms with Gasteiger partial charge in [-0.15, -0.1) is 0 Å². The third-order valence-electron chi connectivity index (χ3n) is 18.3. The van der Waals surface area contributed by atoms with Gasteiger partial charge in [-0.25, -0.2) is 14.4 Å². The Hall–Kier alpha value is -8.32. The summed E-state index contributed by atoms with van der Waals surface area (Å²) in [5.74, 6) is -2.37. The molecule has 8 heterocycles. The first-order valence-electron chi connectivity index (χ1n) is 28.6. The number of nitrogens with one attached hydrogen (secondary N) is 2. The monoisotopic (exact) mass is 1090 g/mol. The topological polar surface area (TPSA) is 194 Å². The van der Waals surface area contributed by atoms with Crippen molar-refractivity contribution in [1.29, 1.82) is 0 Å². The Morgan fingerprint density at radius 2 is 1.49 bits per heavy atom. The van der Waals surface area contributed by atoms with E-state index in [2.05, 4.69) is 46.4 Å². The van der Waals surface area contributed by atoms with E-state index in [4.69, 9.17) is 9.97 Å². The summed E-state index contributed by atoms with van der Waals surface area (Å²) in [4.78, 5) is 116. The number of fused-ring (bicyclic) bond motifs is 4. The molecule has 1 atom stereocenters. The number of halogens is 1. The number of likely N-dealkylation sites (tertiary alicyclic amines) is 2. The molecule has 81 heavy (non-hydrogen) atoms. The Morgan fingerprint density at radius 1 is 0.753 bits per heavy atom. The van der Waals surface area contributed by atoms with Crippen LogP contribution in [0.5, 0.6) is 0 Å². The lowest BCUT2D eigenvalue weighted by Gasteiger charge is -2.48. The van der Waals surface area contributed by atoms with Gasteiger partial charge < -0.3 is 34.4 Å². The van der Waals surface area contributed by atoms with E-state index >= 15 is 9.18 Å². The number of rotatable bonds is 10. The number of aromatic nitrogens is 3. The molecule has 416 valence electrons. The van der Waals surface area contributed by atoms with Crippen LogP contribution in [-0.2, 0) is 19.8 Å². The van der Waals surface area contributed by atoms with Crippen molar-refractivity contribution in [3.05, 3.63) is 130 Å². The third-order valence-corrected chi connectivity index (χ3v) is 18.3. The molecule has 7 aliphatic rings. The Balaban J connectivity index is 0.702. The zero-order valence-corrected chi connectivity index (χ0v) is 45.8. The number of hydrogen-bond acceptors (Lipinski definition) is 12. The second-order valence-corrected chi connectivity index (χ2v) is 23.2. The number of nitrogens with zero attached hydrogens (tertiary/aromatic N) is 9. The van der Waals surface area contributed by atoms with Crippen molar-refractivity contribution in [2.24, 2.45) is 0 Å². The molecular weight excluding hydrogens is 1030 g/mol. The van der Waals surface area contributed by atoms with Gasteiger partial charge in [-0.2, -0.15) is 0 Å². The molecule has 1 unspecified atom stereocenters. The number of amides is 7. The van der Waals surface area contributed by atoms with E-state index in [9.17, 15) is 28.8 Å². The van der Waals surface area contributed by atoms with Crippen LogP contribution in [-0.4, -0.2) is 146 Å². The molecule has 13 rings (SSSR count). The van der Waals surface area contributed by atoms with Crippen molar-refractivity contribution >= 4 is 75.3 Å². The Labute approximate surface area is 468 Å². The maximum Gasteiger partial charge on any atom is 0.262 e. The van der Waals surface area contributed by atoms with E-state index in [1.807, 2.05) is 33.4 Å². The molecule has 0 radical (unpaired) electrons.